The molecule has 0 saturated carbocycles. The first-order chi connectivity index (χ1) is 9.12. The van der Waals surface area contributed by atoms with Crippen LogP contribution in [0.2, 0.25) is 0 Å². The van der Waals surface area contributed by atoms with Gasteiger partial charge in [-0.25, -0.2) is 0 Å². The smallest absolute Gasteiger partial charge is 0.232 e. The van der Waals surface area contributed by atoms with E-state index < -0.39 is 0 Å². The number of rotatable bonds is 8. The first-order valence-electron chi connectivity index (χ1n) is 7.41. The van der Waals surface area contributed by atoms with Gasteiger partial charge in [0.2, 0.25) is 5.91 Å². The third-order valence-corrected chi connectivity index (χ3v) is 4.91. The van der Waals surface area contributed by atoms with E-state index >= 15 is 0 Å². The molecule has 1 saturated heterocycles. The Morgan fingerprint density at radius 1 is 1.42 bits per heavy atom. The molecule has 0 spiro atoms. The summed E-state index contributed by atoms with van der Waals surface area (Å²) in [6.07, 6.45) is 1.06. The summed E-state index contributed by atoms with van der Waals surface area (Å²) in [5, 5.41) is 0. The van der Waals surface area contributed by atoms with Crippen LogP contribution in [0, 0.1) is 5.92 Å². The summed E-state index contributed by atoms with van der Waals surface area (Å²) in [6.45, 7) is 11.3. The fourth-order valence-corrected chi connectivity index (χ4v) is 3.51. The average molecular weight is 287 g/mol. The maximum Gasteiger partial charge on any atom is 0.232 e. The van der Waals surface area contributed by atoms with Gasteiger partial charge in [0.05, 0.1) is 5.75 Å². The van der Waals surface area contributed by atoms with Crippen molar-refractivity contribution in [1.29, 1.82) is 0 Å². The monoisotopic (exact) mass is 287 g/mol. The van der Waals surface area contributed by atoms with Gasteiger partial charge in [-0.2, -0.15) is 11.8 Å². The van der Waals surface area contributed by atoms with E-state index in [0.717, 1.165) is 38.4 Å². The van der Waals surface area contributed by atoms with Crippen LogP contribution in [0.25, 0.3) is 0 Å². The molecule has 1 amide bonds. The molecule has 0 aromatic carbocycles. The van der Waals surface area contributed by atoms with Crippen molar-refractivity contribution in [2.75, 3.05) is 44.2 Å². The van der Waals surface area contributed by atoms with Crippen LogP contribution in [-0.2, 0) is 4.79 Å². The predicted octanol–water partition coefficient (Wildman–Crippen LogP) is 1.26. The van der Waals surface area contributed by atoms with Crippen LogP contribution in [0.1, 0.15) is 27.2 Å². The summed E-state index contributed by atoms with van der Waals surface area (Å²) in [5.41, 5.74) is 5.70. The van der Waals surface area contributed by atoms with Gasteiger partial charge < -0.3 is 15.5 Å². The van der Waals surface area contributed by atoms with Crippen molar-refractivity contribution in [2.45, 2.75) is 33.2 Å². The Bertz CT molecular complexity index is 271. The van der Waals surface area contributed by atoms with Crippen molar-refractivity contribution in [3.63, 3.8) is 0 Å². The number of amides is 1. The summed E-state index contributed by atoms with van der Waals surface area (Å²) in [6, 6.07) is 0.365. The number of hydrogen-bond donors (Lipinski definition) is 1. The second-order valence-electron chi connectivity index (χ2n) is 5.31. The normalized spacial score (nSPS) is 23.3. The molecule has 2 atom stereocenters. The lowest BCUT2D eigenvalue weighted by atomic mass is 10.1. The van der Waals surface area contributed by atoms with Crippen LogP contribution < -0.4 is 5.73 Å². The second-order valence-corrected chi connectivity index (χ2v) is 6.42. The zero-order valence-corrected chi connectivity index (χ0v) is 13.4. The van der Waals surface area contributed by atoms with E-state index in [9.17, 15) is 4.79 Å². The highest BCUT2D eigenvalue weighted by Gasteiger charge is 2.31. The highest BCUT2D eigenvalue weighted by atomic mass is 32.2. The lowest BCUT2D eigenvalue weighted by Gasteiger charge is -2.22. The molecular formula is C14H29N3OS. The van der Waals surface area contributed by atoms with Crippen molar-refractivity contribution in [2.24, 2.45) is 11.7 Å². The van der Waals surface area contributed by atoms with Crippen LogP contribution in [-0.4, -0.2) is 66.0 Å². The Hall–Kier alpha value is -0.260. The van der Waals surface area contributed by atoms with Gasteiger partial charge in [-0.3, -0.25) is 4.79 Å². The molecular weight excluding hydrogens is 258 g/mol. The van der Waals surface area contributed by atoms with Gasteiger partial charge in [-0.05, 0) is 38.9 Å². The largest absolute Gasteiger partial charge is 0.339 e. The van der Waals surface area contributed by atoms with E-state index in [1.54, 1.807) is 11.8 Å². The first kappa shape index (κ1) is 16.8. The minimum Gasteiger partial charge on any atom is -0.339 e. The number of hydrogen-bond acceptors (Lipinski definition) is 4. The molecule has 19 heavy (non-hydrogen) atoms. The van der Waals surface area contributed by atoms with Gasteiger partial charge in [-0.15, -0.1) is 0 Å². The fourth-order valence-electron chi connectivity index (χ4n) is 2.64. The number of likely N-dealkylation sites (tertiary alicyclic amines) is 1. The summed E-state index contributed by atoms with van der Waals surface area (Å²) >= 11 is 1.75. The molecule has 2 unspecified atom stereocenters. The first-order valence-corrected chi connectivity index (χ1v) is 8.57. The summed E-state index contributed by atoms with van der Waals surface area (Å²) in [5.74, 6) is 2.44. The Morgan fingerprint density at radius 2 is 2.11 bits per heavy atom. The van der Waals surface area contributed by atoms with Crippen molar-refractivity contribution < 1.29 is 4.79 Å². The lowest BCUT2D eigenvalue weighted by Crippen LogP contribution is -2.36. The molecule has 1 heterocycles. The van der Waals surface area contributed by atoms with Crippen LogP contribution in [0.15, 0.2) is 0 Å². The van der Waals surface area contributed by atoms with Gasteiger partial charge >= 0.3 is 0 Å². The Labute approximate surface area is 122 Å². The van der Waals surface area contributed by atoms with Gasteiger partial charge in [0.15, 0.2) is 0 Å². The molecule has 1 rings (SSSR count). The van der Waals surface area contributed by atoms with Crippen molar-refractivity contribution in [1.82, 2.24) is 9.80 Å². The number of nitrogens with zero attached hydrogens (tertiary/aromatic N) is 2. The molecule has 4 nitrogen and oxygen atoms in total. The predicted molar refractivity (Wildman–Crippen MR) is 83.4 cm³/mol. The molecule has 0 aliphatic carbocycles. The van der Waals surface area contributed by atoms with Crippen molar-refractivity contribution in [3.8, 4) is 0 Å². The van der Waals surface area contributed by atoms with E-state index in [0.29, 0.717) is 24.3 Å². The third kappa shape index (κ3) is 5.32. The zero-order valence-electron chi connectivity index (χ0n) is 12.6. The van der Waals surface area contributed by atoms with Crippen LogP contribution in [0.4, 0.5) is 0 Å². The molecule has 112 valence electrons. The second kappa shape index (κ2) is 8.82. The van der Waals surface area contributed by atoms with Crippen molar-refractivity contribution >= 4 is 17.7 Å². The molecule has 0 radical (unpaired) electrons. The average Bonchev–Trinajstić information content (AvgIpc) is 2.80. The van der Waals surface area contributed by atoms with Gasteiger partial charge in [0.1, 0.15) is 0 Å². The van der Waals surface area contributed by atoms with E-state index in [1.165, 1.54) is 0 Å². The number of thioether (sulfide) groups is 1. The molecule has 2 N–H and O–H groups in total. The highest BCUT2D eigenvalue weighted by molar-refractivity contribution is 7.99. The van der Waals surface area contributed by atoms with Crippen molar-refractivity contribution in [3.05, 3.63) is 0 Å². The number of carbonyl (C=O) groups excluding carboxylic acids is 1. The Balaban J connectivity index is 2.21. The summed E-state index contributed by atoms with van der Waals surface area (Å²) < 4.78 is 0. The zero-order chi connectivity index (χ0) is 14.3. The molecule has 5 heteroatoms. The Kier molecular flexibility index (Phi) is 7.80. The van der Waals surface area contributed by atoms with Gasteiger partial charge in [0.25, 0.3) is 0 Å². The van der Waals surface area contributed by atoms with E-state index in [4.69, 9.17) is 5.73 Å². The molecule has 0 bridgehead atoms. The molecule has 0 aromatic heterocycles. The van der Waals surface area contributed by atoms with Gasteiger partial charge in [-0.1, -0.05) is 13.8 Å². The molecule has 1 aliphatic rings. The molecule has 1 aliphatic heterocycles. The maximum atomic E-state index is 12.2. The molecule has 0 aromatic rings. The standard InChI is InChI=1S/C14H29N3OS/c1-4-16(5-2)6-7-19-11-14(18)17-10-13(9-15)8-12(17)3/h12-13H,4-11,15H2,1-3H3. The highest BCUT2D eigenvalue weighted by Crippen LogP contribution is 2.22. The van der Waals surface area contributed by atoms with Crippen LogP contribution >= 0.6 is 11.8 Å². The summed E-state index contributed by atoms with van der Waals surface area (Å²) in [4.78, 5) is 16.6. The van der Waals surface area contributed by atoms with Crippen LogP contribution in [0.3, 0.4) is 0 Å². The quantitative estimate of drug-likeness (QED) is 0.683. The SMILES string of the molecule is CCN(CC)CCSCC(=O)N1CC(CN)CC1C. The number of nitrogens with two attached hydrogens (primary N) is 1. The Morgan fingerprint density at radius 3 is 2.63 bits per heavy atom. The topological polar surface area (TPSA) is 49.6 Å². The van der Waals surface area contributed by atoms with Crippen LogP contribution in [0.5, 0.6) is 0 Å². The maximum absolute atomic E-state index is 12.2. The molecule has 1 fully saturated rings. The van der Waals surface area contributed by atoms with E-state index in [2.05, 4.69) is 25.7 Å². The number of carbonyl (C=O) groups is 1. The van der Waals surface area contributed by atoms with E-state index in [1.807, 2.05) is 4.90 Å². The summed E-state index contributed by atoms with van der Waals surface area (Å²) in [7, 11) is 0. The van der Waals surface area contributed by atoms with Gasteiger partial charge in [0, 0.05) is 24.9 Å². The minimum absolute atomic E-state index is 0.285. The lowest BCUT2D eigenvalue weighted by molar-refractivity contribution is -0.128. The fraction of sp³-hybridized carbons (Fsp3) is 0.929. The minimum atomic E-state index is 0.285. The third-order valence-electron chi connectivity index (χ3n) is 3.99. The van der Waals surface area contributed by atoms with E-state index in [-0.39, 0.29) is 5.91 Å².